The zero-order chi connectivity index (χ0) is 17.9. The zero-order valence-electron chi connectivity index (χ0n) is 12.1. The minimum atomic E-state index is -4.87. The van der Waals surface area contributed by atoms with Crippen LogP contribution in [-0.2, 0) is 16.4 Å². The Morgan fingerprint density at radius 1 is 1.29 bits per heavy atom. The van der Waals surface area contributed by atoms with E-state index in [0.717, 1.165) is 0 Å². The lowest BCUT2D eigenvalue weighted by molar-refractivity contribution is 0.236. The van der Waals surface area contributed by atoms with E-state index in [1.165, 1.54) is 25.3 Å². The predicted octanol–water partition coefficient (Wildman–Crippen LogP) is 3.35. The van der Waals surface area contributed by atoms with Gasteiger partial charge in [0.05, 0.1) is 17.8 Å². The summed E-state index contributed by atoms with van der Waals surface area (Å²) in [6.45, 7) is 0. The van der Waals surface area contributed by atoms with Crippen LogP contribution in [0.4, 0.5) is 14.5 Å². The SMILES string of the molecule is COc1cc(Cl)nc(Cc2cccc(Cl)c2NS(=O)(=O)C(F)F)n1. The van der Waals surface area contributed by atoms with Crippen LogP contribution < -0.4 is 9.46 Å². The van der Waals surface area contributed by atoms with Crippen molar-refractivity contribution in [2.45, 2.75) is 12.2 Å². The van der Waals surface area contributed by atoms with Crippen LogP contribution >= 0.6 is 23.2 Å². The van der Waals surface area contributed by atoms with Crippen molar-refractivity contribution in [1.29, 1.82) is 0 Å². The highest BCUT2D eigenvalue weighted by molar-refractivity contribution is 7.93. The highest BCUT2D eigenvalue weighted by atomic mass is 35.5. The van der Waals surface area contributed by atoms with Gasteiger partial charge in [0.15, 0.2) is 0 Å². The number of rotatable bonds is 6. The Labute approximate surface area is 146 Å². The number of nitrogens with zero attached hydrogens (tertiary/aromatic N) is 2. The van der Waals surface area contributed by atoms with E-state index in [2.05, 4.69) is 9.97 Å². The Bertz CT molecular complexity index is 850. The molecule has 0 bridgehead atoms. The topological polar surface area (TPSA) is 81.2 Å². The molecule has 2 rings (SSSR count). The van der Waals surface area contributed by atoms with E-state index in [0.29, 0.717) is 5.56 Å². The van der Waals surface area contributed by atoms with E-state index in [9.17, 15) is 17.2 Å². The molecule has 0 spiro atoms. The van der Waals surface area contributed by atoms with E-state index in [1.807, 2.05) is 0 Å². The van der Waals surface area contributed by atoms with Gasteiger partial charge >= 0.3 is 5.76 Å². The van der Waals surface area contributed by atoms with Gasteiger partial charge in [-0.1, -0.05) is 35.3 Å². The molecule has 24 heavy (non-hydrogen) atoms. The van der Waals surface area contributed by atoms with Crippen LogP contribution in [0.15, 0.2) is 24.3 Å². The molecule has 0 amide bonds. The molecule has 0 unspecified atom stereocenters. The number of hydrogen-bond donors (Lipinski definition) is 1. The fraction of sp³-hybridized carbons (Fsp3) is 0.231. The molecule has 1 heterocycles. The van der Waals surface area contributed by atoms with Crippen molar-refractivity contribution in [3.05, 3.63) is 45.8 Å². The molecule has 0 radical (unpaired) electrons. The van der Waals surface area contributed by atoms with Crippen LogP contribution in [-0.4, -0.2) is 31.3 Å². The van der Waals surface area contributed by atoms with Crippen molar-refractivity contribution in [3.8, 4) is 5.88 Å². The van der Waals surface area contributed by atoms with Crippen molar-refractivity contribution in [3.63, 3.8) is 0 Å². The van der Waals surface area contributed by atoms with Crippen LogP contribution in [0, 0.1) is 0 Å². The number of anilines is 1. The van der Waals surface area contributed by atoms with Gasteiger partial charge in [-0.25, -0.2) is 13.4 Å². The molecule has 0 atom stereocenters. The average Bonchev–Trinajstić information content (AvgIpc) is 2.50. The van der Waals surface area contributed by atoms with Gasteiger partial charge in [0.2, 0.25) is 5.88 Å². The Morgan fingerprint density at radius 3 is 2.62 bits per heavy atom. The average molecular weight is 398 g/mol. The van der Waals surface area contributed by atoms with Gasteiger partial charge in [-0.3, -0.25) is 4.72 Å². The number of benzene rings is 1. The second-order valence-electron chi connectivity index (χ2n) is 4.51. The summed E-state index contributed by atoms with van der Waals surface area (Å²) >= 11 is 11.8. The summed E-state index contributed by atoms with van der Waals surface area (Å²) in [6.07, 6.45) is -0.00142. The molecule has 0 fully saturated rings. The minimum Gasteiger partial charge on any atom is -0.481 e. The summed E-state index contributed by atoms with van der Waals surface area (Å²) in [5.74, 6) is -3.18. The second-order valence-corrected chi connectivity index (χ2v) is 6.95. The molecule has 130 valence electrons. The van der Waals surface area contributed by atoms with Crippen molar-refractivity contribution in [1.82, 2.24) is 9.97 Å². The molecule has 1 aromatic heterocycles. The first-order chi connectivity index (χ1) is 11.2. The normalized spacial score (nSPS) is 11.6. The Balaban J connectivity index is 2.41. The maximum absolute atomic E-state index is 12.6. The third-order valence-corrected chi connectivity index (χ3v) is 4.32. The highest BCUT2D eigenvalue weighted by Gasteiger charge is 2.26. The number of alkyl halides is 2. The lowest BCUT2D eigenvalue weighted by atomic mass is 10.1. The first-order valence-corrected chi connectivity index (χ1v) is 8.68. The van der Waals surface area contributed by atoms with Gasteiger partial charge in [0, 0.05) is 12.5 Å². The number of halogens is 4. The van der Waals surface area contributed by atoms with Gasteiger partial charge in [0.25, 0.3) is 10.0 Å². The fourth-order valence-corrected chi connectivity index (χ4v) is 2.92. The molecule has 2 aromatic rings. The summed E-state index contributed by atoms with van der Waals surface area (Å²) in [4.78, 5) is 8.05. The molecule has 11 heteroatoms. The van der Waals surface area contributed by atoms with Gasteiger partial charge in [-0.15, -0.1) is 0 Å². The van der Waals surface area contributed by atoms with Gasteiger partial charge in [-0.05, 0) is 11.6 Å². The number of hydrogen-bond acceptors (Lipinski definition) is 5. The van der Waals surface area contributed by atoms with E-state index in [1.54, 1.807) is 10.8 Å². The summed E-state index contributed by atoms with van der Waals surface area (Å²) in [5.41, 5.74) is 0.137. The van der Waals surface area contributed by atoms with Crippen molar-refractivity contribution < 1.29 is 21.9 Å². The maximum Gasteiger partial charge on any atom is 0.355 e. The zero-order valence-corrected chi connectivity index (χ0v) is 14.5. The number of ether oxygens (including phenoxy) is 1. The monoisotopic (exact) mass is 397 g/mol. The number of aromatic nitrogens is 2. The number of methoxy groups -OCH3 is 1. The molecule has 1 aromatic carbocycles. The molecular formula is C13H11Cl2F2N3O3S. The van der Waals surface area contributed by atoms with E-state index in [-0.39, 0.29) is 34.0 Å². The first kappa shape index (κ1) is 18.6. The Morgan fingerprint density at radius 2 is 2.00 bits per heavy atom. The Hall–Kier alpha value is -1.71. The van der Waals surface area contributed by atoms with Crippen molar-refractivity contribution in [2.24, 2.45) is 0 Å². The smallest absolute Gasteiger partial charge is 0.355 e. The molecule has 0 aliphatic rings. The maximum atomic E-state index is 12.6. The number of sulfonamides is 1. The molecule has 1 N–H and O–H groups in total. The van der Waals surface area contributed by atoms with E-state index >= 15 is 0 Å². The van der Waals surface area contributed by atoms with Crippen LogP contribution in [0.3, 0.4) is 0 Å². The van der Waals surface area contributed by atoms with Crippen LogP contribution in [0.1, 0.15) is 11.4 Å². The van der Waals surface area contributed by atoms with Gasteiger partial charge in [0.1, 0.15) is 11.0 Å². The van der Waals surface area contributed by atoms with Crippen LogP contribution in [0.25, 0.3) is 0 Å². The van der Waals surface area contributed by atoms with Gasteiger partial charge in [-0.2, -0.15) is 13.8 Å². The fourth-order valence-electron chi connectivity index (χ4n) is 1.81. The summed E-state index contributed by atoms with van der Waals surface area (Å²) in [5, 5.41) is 0.0827. The summed E-state index contributed by atoms with van der Waals surface area (Å²) in [6, 6.07) is 5.81. The van der Waals surface area contributed by atoms with E-state index in [4.69, 9.17) is 27.9 Å². The molecule has 0 aliphatic heterocycles. The predicted molar refractivity (Wildman–Crippen MR) is 86.4 cm³/mol. The van der Waals surface area contributed by atoms with Crippen molar-refractivity contribution in [2.75, 3.05) is 11.8 Å². The lowest BCUT2D eigenvalue weighted by Crippen LogP contribution is -2.21. The third-order valence-electron chi connectivity index (χ3n) is 2.85. The van der Waals surface area contributed by atoms with Crippen LogP contribution in [0.2, 0.25) is 10.2 Å². The minimum absolute atomic E-state index is 0.00142. The Kier molecular flexibility index (Phi) is 5.79. The number of para-hydroxylation sites is 1. The molecule has 0 saturated heterocycles. The quantitative estimate of drug-likeness (QED) is 0.755. The van der Waals surface area contributed by atoms with Gasteiger partial charge < -0.3 is 4.74 Å². The molecule has 0 aliphatic carbocycles. The third kappa shape index (κ3) is 4.43. The number of nitrogens with one attached hydrogen (secondary N) is 1. The van der Waals surface area contributed by atoms with Crippen molar-refractivity contribution >= 4 is 38.9 Å². The molecule has 0 saturated carbocycles. The largest absolute Gasteiger partial charge is 0.481 e. The summed E-state index contributed by atoms with van der Waals surface area (Å²) in [7, 11) is -3.48. The molecular weight excluding hydrogens is 387 g/mol. The second kappa shape index (κ2) is 7.45. The first-order valence-electron chi connectivity index (χ1n) is 6.37. The standard InChI is InChI=1S/C13H11Cl2F2N3O3S/c1-23-11-6-9(15)18-10(19-11)5-7-3-2-4-8(14)12(7)20-24(21,22)13(16)17/h2-4,6,13,20H,5H2,1H3. The molecule has 6 nitrogen and oxygen atoms in total. The highest BCUT2D eigenvalue weighted by Crippen LogP contribution is 2.29. The van der Waals surface area contributed by atoms with Crippen LogP contribution in [0.5, 0.6) is 5.88 Å². The summed E-state index contributed by atoms with van der Waals surface area (Å²) < 4.78 is 54.8. The van der Waals surface area contributed by atoms with E-state index < -0.39 is 15.8 Å². The lowest BCUT2D eigenvalue weighted by Gasteiger charge is -2.13.